The summed E-state index contributed by atoms with van der Waals surface area (Å²) in [6, 6.07) is 0.350. The predicted molar refractivity (Wildman–Crippen MR) is 73.6 cm³/mol. The van der Waals surface area contributed by atoms with E-state index in [4.69, 9.17) is 4.74 Å². The second-order valence-electron chi connectivity index (χ2n) is 6.10. The van der Waals surface area contributed by atoms with E-state index in [-0.39, 0.29) is 6.09 Å². The molecule has 1 heterocycles. The predicted octanol–water partition coefficient (Wildman–Crippen LogP) is 2.55. The van der Waals surface area contributed by atoms with E-state index in [2.05, 4.69) is 11.9 Å². The molecule has 0 aromatic heterocycles. The Morgan fingerprint density at radius 3 is 2.72 bits per heavy atom. The third kappa shape index (κ3) is 5.54. The minimum absolute atomic E-state index is 0.204. The summed E-state index contributed by atoms with van der Waals surface area (Å²) in [4.78, 5) is 13.8. The van der Waals surface area contributed by atoms with E-state index in [1.165, 1.54) is 0 Å². The van der Waals surface area contributed by atoms with Gasteiger partial charge in [0.2, 0.25) is 0 Å². The maximum atomic E-state index is 12.0. The van der Waals surface area contributed by atoms with E-state index < -0.39 is 5.60 Å². The lowest BCUT2D eigenvalue weighted by molar-refractivity contribution is 0.0189. The first-order valence-electron chi connectivity index (χ1n) is 6.63. The summed E-state index contributed by atoms with van der Waals surface area (Å²) in [5.41, 5.74) is 0.694. The maximum Gasteiger partial charge on any atom is 0.410 e. The topological polar surface area (TPSA) is 41.6 Å². The largest absolute Gasteiger partial charge is 0.444 e. The molecule has 0 radical (unpaired) electrons. The van der Waals surface area contributed by atoms with Crippen LogP contribution >= 0.6 is 0 Å². The number of hydrogen-bond acceptors (Lipinski definition) is 3. The van der Waals surface area contributed by atoms with Crippen molar-refractivity contribution in [1.29, 1.82) is 0 Å². The number of ether oxygens (including phenoxy) is 1. The molecule has 1 fully saturated rings. The SMILES string of the molecule is C=C(C)CNC1CCCN(C(=O)OC(C)(C)C)C1. The molecule has 1 aliphatic rings. The first kappa shape index (κ1) is 15.0. The molecule has 0 aromatic rings. The molecule has 18 heavy (non-hydrogen) atoms. The van der Waals surface area contributed by atoms with Gasteiger partial charge in [0, 0.05) is 25.7 Å². The van der Waals surface area contributed by atoms with Crippen LogP contribution in [0.5, 0.6) is 0 Å². The van der Waals surface area contributed by atoms with E-state index >= 15 is 0 Å². The van der Waals surface area contributed by atoms with Gasteiger partial charge in [0.05, 0.1) is 0 Å². The van der Waals surface area contributed by atoms with Crippen LogP contribution in [-0.4, -0.2) is 42.3 Å². The fourth-order valence-electron chi connectivity index (χ4n) is 1.95. The zero-order valence-corrected chi connectivity index (χ0v) is 12.1. The van der Waals surface area contributed by atoms with Crippen LogP contribution in [0.3, 0.4) is 0 Å². The van der Waals surface area contributed by atoms with Crippen LogP contribution < -0.4 is 5.32 Å². The van der Waals surface area contributed by atoms with Crippen molar-refractivity contribution in [2.24, 2.45) is 0 Å². The Kier molecular flexibility index (Phi) is 5.20. The quantitative estimate of drug-likeness (QED) is 0.787. The monoisotopic (exact) mass is 254 g/mol. The van der Waals surface area contributed by atoms with Gasteiger partial charge in [-0.25, -0.2) is 4.79 Å². The number of carbonyl (C=O) groups is 1. The van der Waals surface area contributed by atoms with E-state index in [0.29, 0.717) is 6.04 Å². The van der Waals surface area contributed by atoms with Crippen molar-refractivity contribution in [1.82, 2.24) is 10.2 Å². The highest BCUT2D eigenvalue weighted by Gasteiger charge is 2.27. The van der Waals surface area contributed by atoms with Crippen LogP contribution in [0.2, 0.25) is 0 Å². The normalized spacial score (nSPS) is 20.7. The van der Waals surface area contributed by atoms with Gasteiger partial charge >= 0.3 is 6.09 Å². The average Bonchev–Trinajstić information content (AvgIpc) is 2.24. The Hall–Kier alpha value is -1.03. The lowest BCUT2D eigenvalue weighted by Crippen LogP contribution is -2.49. The average molecular weight is 254 g/mol. The molecule has 1 aliphatic heterocycles. The second kappa shape index (κ2) is 6.23. The van der Waals surface area contributed by atoms with Crippen molar-refractivity contribution in [3.05, 3.63) is 12.2 Å². The van der Waals surface area contributed by atoms with Crippen molar-refractivity contribution in [3.63, 3.8) is 0 Å². The van der Waals surface area contributed by atoms with Gasteiger partial charge in [-0.2, -0.15) is 0 Å². The molecule has 104 valence electrons. The zero-order chi connectivity index (χ0) is 13.8. The third-order valence-corrected chi connectivity index (χ3v) is 2.77. The molecule has 0 spiro atoms. The molecule has 1 saturated heterocycles. The first-order valence-corrected chi connectivity index (χ1v) is 6.63. The lowest BCUT2D eigenvalue weighted by Gasteiger charge is -2.34. The van der Waals surface area contributed by atoms with Crippen molar-refractivity contribution in [3.8, 4) is 0 Å². The fourth-order valence-corrected chi connectivity index (χ4v) is 1.95. The Labute approximate surface area is 110 Å². The molecule has 1 unspecified atom stereocenters. The minimum Gasteiger partial charge on any atom is -0.444 e. The van der Waals surface area contributed by atoms with E-state index in [1.54, 1.807) is 4.90 Å². The van der Waals surface area contributed by atoms with E-state index in [9.17, 15) is 4.79 Å². The number of hydrogen-bond donors (Lipinski definition) is 1. The highest BCUT2D eigenvalue weighted by molar-refractivity contribution is 5.68. The summed E-state index contributed by atoms with van der Waals surface area (Å²) >= 11 is 0. The Bertz CT molecular complexity index is 307. The van der Waals surface area contributed by atoms with Crippen molar-refractivity contribution >= 4 is 6.09 Å². The molecule has 0 aliphatic carbocycles. The van der Waals surface area contributed by atoms with Crippen LogP contribution in [-0.2, 0) is 4.74 Å². The highest BCUT2D eigenvalue weighted by Crippen LogP contribution is 2.15. The lowest BCUT2D eigenvalue weighted by atomic mass is 10.1. The van der Waals surface area contributed by atoms with Crippen LogP contribution in [0.15, 0.2) is 12.2 Å². The third-order valence-electron chi connectivity index (χ3n) is 2.77. The molecule has 0 aromatic carbocycles. The number of amides is 1. The molecule has 1 N–H and O–H groups in total. The zero-order valence-electron chi connectivity index (χ0n) is 12.1. The van der Waals surface area contributed by atoms with Gasteiger partial charge in [0.1, 0.15) is 5.60 Å². The number of carbonyl (C=O) groups excluding carboxylic acids is 1. The second-order valence-corrected chi connectivity index (χ2v) is 6.10. The van der Waals surface area contributed by atoms with Crippen LogP contribution in [0.25, 0.3) is 0 Å². The van der Waals surface area contributed by atoms with Crippen LogP contribution in [0.4, 0.5) is 4.79 Å². The van der Waals surface area contributed by atoms with E-state index in [0.717, 1.165) is 38.0 Å². The van der Waals surface area contributed by atoms with Crippen molar-refractivity contribution in [2.45, 2.75) is 52.2 Å². The molecule has 0 bridgehead atoms. The molecular formula is C14H26N2O2. The molecule has 1 rings (SSSR count). The summed E-state index contributed by atoms with van der Waals surface area (Å²) in [6.45, 7) is 13.9. The summed E-state index contributed by atoms with van der Waals surface area (Å²) in [6.07, 6.45) is 1.92. The fraction of sp³-hybridized carbons (Fsp3) is 0.786. The summed E-state index contributed by atoms with van der Waals surface area (Å²) in [5.74, 6) is 0. The van der Waals surface area contributed by atoms with Gasteiger partial charge in [-0.15, -0.1) is 0 Å². The highest BCUT2D eigenvalue weighted by atomic mass is 16.6. The van der Waals surface area contributed by atoms with Gasteiger partial charge in [-0.1, -0.05) is 12.2 Å². The van der Waals surface area contributed by atoms with E-state index in [1.807, 2.05) is 27.7 Å². The Morgan fingerprint density at radius 2 is 2.17 bits per heavy atom. The van der Waals surface area contributed by atoms with Gasteiger partial charge in [-0.3, -0.25) is 0 Å². The molecule has 0 saturated carbocycles. The van der Waals surface area contributed by atoms with Crippen molar-refractivity contribution < 1.29 is 9.53 Å². The maximum absolute atomic E-state index is 12.0. The molecule has 4 heteroatoms. The number of likely N-dealkylation sites (tertiary alicyclic amines) is 1. The van der Waals surface area contributed by atoms with Crippen LogP contribution in [0, 0.1) is 0 Å². The number of nitrogens with one attached hydrogen (secondary N) is 1. The molecule has 1 amide bonds. The van der Waals surface area contributed by atoms with Crippen molar-refractivity contribution in [2.75, 3.05) is 19.6 Å². The Morgan fingerprint density at radius 1 is 1.50 bits per heavy atom. The van der Waals surface area contributed by atoms with Gasteiger partial charge in [0.15, 0.2) is 0 Å². The van der Waals surface area contributed by atoms with Gasteiger partial charge in [0.25, 0.3) is 0 Å². The number of piperidine rings is 1. The summed E-state index contributed by atoms with van der Waals surface area (Å²) in [7, 11) is 0. The first-order chi connectivity index (χ1) is 8.28. The summed E-state index contributed by atoms with van der Waals surface area (Å²) in [5, 5.41) is 3.42. The van der Waals surface area contributed by atoms with Crippen LogP contribution in [0.1, 0.15) is 40.5 Å². The smallest absolute Gasteiger partial charge is 0.410 e. The Balaban J connectivity index is 2.43. The molecule has 4 nitrogen and oxygen atoms in total. The van der Waals surface area contributed by atoms with Gasteiger partial charge in [-0.05, 0) is 40.5 Å². The molecule has 1 atom stereocenters. The number of rotatable bonds is 3. The van der Waals surface area contributed by atoms with Gasteiger partial charge < -0.3 is 15.0 Å². The number of nitrogens with zero attached hydrogens (tertiary/aromatic N) is 1. The minimum atomic E-state index is -0.421. The standard InChI is InChI=1S/C14H26N2O2/c1-11(2)9-15-12-7-6-8-16(10-12)13(17)18-14(3,4)5/h12,15H,1,6-10H2,2-5H3. The summed E-state index contributed by atoms with van der Waals surface area (Å²) < 4.78 is 5.39. The molecular weight excluding hydrogens is 228 g/mol.